The first-order chi connectivity index (χ1) is 24.0. The van der Waals surface area contributed by atoms with Crippen LogP contribution in [0.2, 0.25) is 0 Å². The van der Waals surface area contributed by atoms with Crippen molar-refractivity contribution in [3.63, 3.8) is 0 Å². The molecule has 3 aromatic carbocycles. The average Bonchev–Trinajstić information content (AvgIpc) is 3.71. The number of fused-ring (bicyclic) bond motifs is 6. The lowest BCUT2D eigenvalue weighted by Crippen LogP contribution is -2.72. The highest BCUT2D eigenvalue weighted by molar-refractivity contribution is 6.90. The van der Waals surface area contributed by atoms with Gasteiger partial charge in [0.25, 0.3) is 0 Å². The average molecular weight is 658 g/mol. The van der Waals surface area contributed by atoms with E-state index in [-0.39, 0.29) is 19.4 Å². The third-order valence-electron chi connectivity index (χ3n) is 10.3. The largest absolute Gasteiger partial charge is 0.439 e. The molecule has 0 bridgehead atoms. The zero-order chi connectivity index (χ0) is 34.9. The second-order valence-corrected chi connectivity index (χ2v) is 15.3. The van der Waals surface area contributed by atoms with Gasteiger partial charge in [0.15, 0.2) is 0 Å². The summed E-state index contributed by atoms with van der Waals surface area (Å²) in [6, 6.07) is 30.1. The Labute approximate surface area is 296 Å². The lowest BCUT2D eigenvalue weighted by molar-refractivity contribution is 0.464. The topological polar surface area (TPSA) is 58.5 Å². The Bertz CT molecular complexity index is 2260. The van der Waals surface area contributed by atoms with Crippen molar-refractivity contribution < 1.29 is 4.74 Å². The van der Waals surface area contributed by atoms with Gasteiger partial charge in [0, 0.05) is 41.0 Å². The van der Waals surface area contributed by atoms with E-state index < -0.39 is 0 Å². The molecule has 0 radical (unpaired) electrons. The number of aromatic nitrogens is 3. The van der Waals surface area contributed by atoms with E-state index in [0.29, 0.717) is 17.7 Å². The normalized spacial score (nSPS) is 14.3. The van der Waals surface area contributed by atoms with Gasteiger partial charge < -0.3 is 19.5 Å². The predicted octanol–water partition coefficient (Wildman–Crippen LogP) is 7.83. The number of anilines is 1. The summed E-state index contributed by atoms with van der Waals surface area (Å²) in [6.45, 7) is 15.8. The molecule has 50 heavy (non-hydrogen) atoms. The van der Waals surface area contributed by atoms with Crippen LogP contribution < -0.4 is 25.8 Å². The van der Waals surface area contributed by atoms with E-state index in [1.807, 2.05) is 24.5 Å². The number of rotatable bonds is 6. The molecule has 7 nitrogen and oxygen atoms in total. The third-order valence-corrected chi connectivity index (χ3v) is 10.3. The predicted molar refractivity (Wildman–Crippen MR) is 210 cm³/mol. The molecule has 9 heteroatoms. The van der Waals surface area contributed by atoms with Gasteiger partial charge in [0.2, 0.25) is 5.88 Å². The van der Waals surface area contributed by atoms with Crippen molar-refractivity contribution in [3.8, 4) is 17.4 Å². The van der Waals surface area contributed by atoms with Gasteiger partial charge in [-0.3, -0.25) is 4.57 Å². The van der Waals surface area contributed by atoms with Crippen molar-refractivity contribution in [2.75, 3.05) is 11.9 Å². The number of nitrogens with zero attached hydrogens (tertiary/aromatic N) is 5. The summed E-state index contributed by atoms with van der Waals surface area (Å²) in [7, 11) is 2.19. The van der Waals surface area contributed by atoms with Crippen LogP contribution in [0.5, 0.6) is 11.6 Å². The second kappa shape index (κ2) is 12.0. The molecule has 0 amide bonds. The van der Waals surface area contributed by atoms with Crippen molar-refractivity contribution in [1.29, 1.82) is 0 Å². The number of hydrogen-bond donors (Lipinski definition) is 1. The summed E-state index contributed by atoms with van der Waals surface area (Å²) in [5, 5.41) is 5.93. The maximum Gasteiger partial charge on any atom is 0.418 e. The lowest BCUT2D eigenvalue weighted by atomic mass is 9.48. The molecule has 8 rings (SSSR count). The quantitative estimate of drug-likeness (QED) is 0.184. The molecule has 2 aliphatic rings. The van der Waals surface area contributed by atoms with Gasteiger partial charge in [0.05, 0.1) is 16.6 Å². The van der Waals surface area contributed by atoms with Crippen molar-refractivity contribution >= 4 is 52.5 Å². The number of hydrogen-bond acceptors (Lipinski definition) is 6. The van der Waals surface area contributed by atoms with E-state index in [4.69, 9.17) is 14.7 Å². The van der Waals surface area contributed by atoms with Gasteiger partial charge in [-0.2, -0.15) is 0 Å². The first-order valence-electron chi connectivity index (χ1n) is 17.8. The molecule has 3 aromatic heterocycles. The number of para-hydroxylation sites is 1. The summed E-state index contributed by atoms with van der Waals surface area (Å²) in [5.41, 5.74) is 9.59. The highest BCUT2D eigenvalue weighted by Crippen LogP contribution is 2.36. The van der Waals surface area contributed by atoms with Gasteiger partial charge in [0.1, 0.15) is 11.6 Å². The molecule has 250 valence electrons. The molecule has 2 aliphatic heterocycles. The van der Waals surface area contributed by atoms with Crippen molar-refractivity contribution in [3.05, 3.63) is 120 Å². The first-order valence-corrected chi connectivity index (χ1v) is 17.8. The van der Waals surface area contributed by atoms with Crippen LogP contribution in [-0.2, 0) is 5.41 Å². The first kappa shape index (κ1) is 32.1. The Morgan fingerprint density at radius 1 is 0.800 bits per heavy atom. The molecule has 0 aliphatic carbocycles. The molecule has 0 saturated carbocycles. The van der Waals surface area contributed by atoms with Gasteiger partial charge in [-0.25, -0.2) is 9.97 Å². The molecule has 0 saturated heterocycles. The molecule has 0 spiro atoms. The van der Waals surface area contributed by atoms with E-state index in [2.05, 4.69) is 154 Å². The molecule has 0 atom stereocenters. The molecular weight excluding hydrogens is 614 g/mol. The zero-order valence-corrected chi connectivity index (χ0v) is 30.3. The van der Waals surface area contributed by atoms with E-state index in [1.54, 1.807) is 0 Å². The standard InChI is InChI=1S/C41H44B2N6O/c1-26(2)30-13-11-14-31(27(3)4)39(30)43-47(8)35-18-19-38(46-40(35)42-45-22-23-48(42)43)50-29-16-17-33-32-12-9-10-15-34(32)49(36(33)25-29)37-24-28(20-21-44-37)41(5,6)7/h9-27,45H,1-8H3. The Kier molecular flexibility index (Phi) is 7.70. The van der Waals surface area contributed by atoms with Gasteiger partial charge >= 0.3 is 14.0 Å². The van der Waals surface area contributed by atoms with Crippen LogP contribution in [0, 0.1) is 0 Å². The van der Waals surface area contributed by atoms with Crippen LogP contribution in [0.25, 0.3) is 27.6 Å². The zero-order valence-electron chi connectivity index (χ0n) is 30.3. The lowest BCUT2D eigenvalue weighted by Gasteiger charge is -2.43. The van der Waals surface area contributed by atoms with Crippen LogP contribution >= 0.6 is 0 Å². The van der Waals surface area contributed by atoms with E-state index in [0.717, 1.165) is 39.3 Å². The Morgan fingerprint density at radius 3 is 2.28 bits per heavy atom. The fourth-order valence-corrected chi connectivity index (χ4v) is 7.81. The van der Waals surface area contributed by atoms with Gasteiger partial charge in [-0.05, 0) is 89.0 Å². The summed E-state index contributed by atoms with van der Waals surface area (Å²) in [6.07, 6.45) is 6.12. The summed E-state index contributed by atoms with van der Waals surface area (Å²) in [4.78, 5) is 12.4. The molecule has 0 fully saturated rings. The van der Waals surface area contributed by atoms with Crippen LogP contribution in [0.15, 0.2) is 104 Å². The van der Waals surface area contributed by atoms with Crippen molar-refractivity contribution in [2.45, 2.75) is 65.7 Å². The fraction of sp³-hybridized carbons (Fsp3) is 0.268. The fourth-order valence-electron chi connectivity index (χ4n) is 7.81. The van der Waals surface area contributed by atoms with E-state index in [1.165, 1.54) is 27.5 Å². The van der Waals surface area contributed by atoms with Crippen LogP contribution in [0.1, 0.15) is 77.0 Å². The second-order valence-electron chi connectivity index (χ2n) is 15.3. The minimum atomic E-state index is -0.110. The Morgan fingerprint density at radius 2 is 1.54 bits per heavy atom. The Hall–Kier alpha value is -5.17. The molecule has 0 unspecified atom stereocenters. The smallest absolute Gasteiger partial charge is 0.418 e. The van der Waals surface area contributed by atoms with E-state index in [9.17, 15) is 0 Å². The number of ether oxygens (including phenoxy) is 1. The van der Waals surface area contributed by atoms with Gasteiger partial charge in [-0.15, -0.1) is 0 Å². The van der Waals surface area contributed by atoms with Crippen LogP contribution in [0.3, 0.4) is 0 Å². The summed E-state index contributed by atoms with van der Waals surface area (Å²) < 4.78 is 11.2. The van der Waals surface area contributed by atoms with E-state index >= 15 is 0 Å². The monoisotopic (exact) mass is 658 g/mol. The summed E-state index contributed by atoms with van der Waals surface area (Å²) >= 11 is 0. The number of benzene rings is 3. The van der Waals surface area contributed by atoms with Crippen LogP contribution in [-0.4, -0.2) is 40.3 Å². The number of nitrogens with one attached hydrogen (secondary N) is 1. The highest BCUT2D eigenvalue weighted by atomic mass is 16.5. The molecule has 5 heterocycles. The third kappa shape index (κ3) is 5.22. The maximum absolute atomic E-state index is 6.58. The van der Waals surface area contributed by atoms with Crippen molar-refractivity contribution in [2.24, 2.45) is 0 Å². The summed E-state index contributed by atoms with van der Waals surface area (Å²) in [5.74, 6) is 2.98. The molecule has 1 N–H and O–H groups in total. The highest BCUT2D eigenvalue weighted by Gasteiger charge is 2.48. The van der Waals surface area contributed by atoms with Crippen molar-refractivity contribution in [1.82, 2.24) is 24.5 Å². The molecule has 6 aromatic rings. The minimum Gasteiger partial charge on any atom is -0.439 e. The number of pyridine rings is 2. The van der Waals surface area contributed by atoms with Gasteiger partial charge in [-0.1, -0.05) is 84.9 Å². The molecular formula is C41H44B2N6O. The minimum absolute atomic E-state index is 0.00469. The SMILES string of the molecule is CC(C)c1cccc(C(C)C)c1B1N2C=CNB2c2nc(Oc3ccc4c5ccccc5n(-c5cc(C(C)(C)C)ccn5)c4c3)ccc2N1C. The Balaban J connectivity index is 1.19. The maximum atomic E-state index is 6.58. The van der Waals surface area contributed by atoms with Crippen LogP contribution in [0.4, 0.5) is 5.69 Å².